The molecule has 0 fully saturated rings. The van der Waals surface area contributed by atoms with Crippen LogP contribution in [0.1, 0.15) is 34.8 Å². The number of para-hydroxylation sites is 1. The minimum Gasteiger partial charge on any atom is -0.491 e. The highest BCUT2D eigenvalue weighted by atomic mass is 16.5. The van der Waals surface area contributed by atoms with Crippen LogP contribution in [0.2, 0.25) is 0 Å². The van der Waals surface area contributed by atoms with Crippen molar-refractivity contribution >= 4 is 23.6 Å². The predicted octanol–water partition coefficient (Wildman–Crippen LogP) is 2.16. The zero-order valence-electron chi connectivity index (χ0n) is 24.3. The zero-order chi connectivity index (χ0) is 30.6. The van der Waals surface area contributed by atoms with Gasteiger partial charge in [-0.3, -0.25) is 19.2 Å². The summed E-state index contributed by atoms with van der Waals surface area (Å²) in [4.78, 5) is 57.6. The van der Waals surface area contributed by atoms with E-state index in [2.05, 4.69) is 10.6 Å². The van der Waals surface area contributed by atoms with Gasteiger partial charge < -0.3 is 30.3 Å². The fourth-order valence-corrected chi connectivity index (χ4v) is 5.03. The predicted molar refractivity (Wildman–Crippen MR) is 161 cm³/mol. The van der Waals surface area contributed by atoms with Crippen LogP contribution in [0, 0.1) is 0 Å². The first-order chi connectivity index (χ1) is 20.9. The summed E-state index contributed by atoms with van der Waals surface area (Å²) in [6, 6.07) is 23.1. The third kappa shape index (κ3) is 8.65. The molecule has 10 nitrogen and oxygen atoms in total. The molecule has 1 aliphatic rings. The molecular formula is C33H38N4O6. The SMILES string of the molecule is CCN1CCOc2ccccc2C(=O)N[C@H](C(=O)N(CCO)Cc2ccccc2)CC(=O)N[C@@H](Cc2ccccc2)C1=O. The number of rotatable bonds is 8. The van der Waals surface area contributed by atoms with Crippen molar-refractivity contribution in [2.75, 3.05) is 32.8 Å². The number of amides is 4. The number of hydrogen-bond donors (Lipinski definition) is 3. The first-order valence-corrected chi connectivity index (χ1v) is 14.5. The third-order valence-electron chi connectivity index (χ3n) is 7.25. The summed E-state index contributed by atoms with van der Waals surface area (Å²) in [6.07, 6.45) is -0.157. The molecule has 2 atom stereocenters. The highest BCUT2D eigenvalue weighted by Crippen LogP contribution is 2.19. The van der Waals surface area contributed by atoms with Crippen molar-refractivity contribution in [2.24, 2.45) is 0 Å². The topological polar surface area (TPSA) is 128 Å². The molecule has 3 N–H and O–H groups in total. The van der Waals surface area contributed by atoms with Crippen LogP contribution in [0.4, 0.5) is 0 Å². The van der Waals surface area contributed by atoms with Crippen LogP contribution in [0.3, 0.4) is 0 Å². The molecule has 0 aliphatic carbocycles. The largest absolute Gasteiger partial charge is 0.491 e. The van der Waals surface area contributed by atoms with Gasteiger partial charge in [0.15, 0.2) is 0 Å². The van der Waals surface area contributed by atoms with Gasteiger partial charge in [-0.1, -0.05) is 72.8 Å². The van der Waals surface area contributed by atoms with Crippen LogP contribution in [0.15, 0.2) is 84.9 Å². The molecule has 0 saturated heterocycles. The number of aliphatic hydroxyl groups excluding tert-OH is 1. The molecule has 3 aromatic carbocycles. The Bertz CT molecular complexity index is 1380. The molecule has 4 rings (SSSR count). The summed E-state index contributed by atoms with van der Waals surface area (Å²) in [5, 5.41) is 15.3. The highest BCUT2D eigenvalue weighted by molar-refractivity contribution is 6.01. The standard InChI is InChI=1S/C33H38N4O6/c1-2-36-18-20-43-29-16-10-9-15-26(29)31(40)35-28(33(42)37(17-19-38)23-25-13-7-4-8-14-25)22-30(39)34-27(32(36)41)21-24-11-5-3-6-12-24/h3-16,27-28,38H,2,17-23H2,1H3,(H,34,39)(H,35,40)/t27-,28-/m0/s1. The van der Waals surface area contributed by atoms with Gasteiger partial charge in [-0.05, 0) is 30.2 Å². The molecule has 3 aromatic rings. The van der Waals surface area contributed by atoms with Crippen molar-refractivity contribution in [1.29, 1.82) is 0 Å². The number of nitrogens with one attached hydrogen (secondary N) is 2. The second kappa shape index (κ2) is 15.5. The molecule has 0 spiro atoms. The molecule has 0 bridgehead atoms. The Labute approximate surface area is 251 Å². The number of ether oxygens (including phenoxy) is 1. The monoisotopic (exact) mass is 586 g/mol. The average molecular weight is 587 g/mol. The number of likely N-dealkylation sites (N-methyl/N-ethyl adjacent to an activating group) is 1. The normalized spacial score (nSPS) is 18.0. The molecule has 0 aromatic heterocycles. The van der Waals surface area contributed by atoms with Crippen LogP contribution >= 0.6 is 0 Å². The molecule has 0 saturated carbocycles. The lowest BCUT2D eigenvalue weighted by atomic mass is 10.0. The smallest absolute Gasteiger partial charge is 0.255 e. The highest BCUT2D eigenvalue weighted by Gasteiger charge is 2.32. The van der Waals surface area contributed by atoms with E-state index in [1.165, 1.54) is 4.90 Å². The maximum atomic E-state index is 13.9. The lowest BCUT2D eigenvalue weighted by Crippen LogP contribution is -2.54. The Balaban J connectivity index is 1.67. The number of fused-ring (bicyclic) bond motifs is 1. The van der Waals surface area contributed by atoms with Crippen LogP contribution in [-0.4, -0.2) is 83.5 Å². The van der Waals surface area contributed by atoms with Crippen molar-refractivity contribution in [2.45, 2.75) is 38.4 Å². The van der Waals surface area contributed by atoms with Crippen molar-refractivity contribution < 1.29 is 29.0 Å². The van der Waals surface area contributed by atoms with E-state index in [1.807, 2.05) is 67.6 Å². The summed E-state index contributed by atoms with van der Waals surface area (Å²) in [7, 11) is 0. The van der Waals surface area contributed by atoms with Gasteiger partial charge in [0.2, 0.25) is 17.7 Å². The summed E-state index contributed by atoms with van der Waals surface area (Å²) in [6.45, 7) is 2.49. The number of hydrogen-bond acceptors (Lipinski definition) is 6. The van der Waals surface area contributed by atoms with Gasteiger partial charge in [0.25, 0.3) is 5.91 Å². The zero-order valence-corrected chi connectivity index (χ0v) is 24.3. The van der Waals surface area contributed by atoms with Crippen LogP contribution in [0.25, 0.3) is 0 Å². The van der Waals surface area contributed by atoms with E-state index in [0.717, 1.165) is 11.1 Å². The van der Waals surface area contributed by atoms with Crippen molar-refractivity contribution in [1.82, 2.24) is 20.4 Å². The summed E-state index contributed by atoms with van der Waals surface area (Å²) in [5.41, 5.74) is 1.89. The van der Waals surface area contributed by atoms with Gasteiger partial charge in [-0.25, -0.2) is 0 Å². The minimum absolute atomic E-state index is 0.00198. The van der Waals surface area contributed by atoms with E-state index < -0.39 is 36.2 Å². The molecule has 1 aliphatic heterocycles. The van der Waals surface area contributed by atoms with E-state index in [9.17, 15) is 24.3 Å². The van der Waals surface area contributed by atoms with Crippen LogP contribution in [0.5, 0.6) is 5.75 Å². The lowest BCUT2D eigenvalue weighted by molar-refractivity contribution is -0.138. The maximum absolute atomic E-state index is 13.9. The number of aliphatic hydroxyl groups is 1. The Kier molecular flexibility index (Phi) is 11.3. The second-order valence-electron chi connectivity index (χ2n) is 10.3. The number of nitrogens with zero attached hydrogens (tertiary/aromatic N) is 2. The lowest BCUT2D eigenvalue weighted by Gasteiger charge is -2.30. The van der Waals surface area contributed by atoms with E-state index in [1.54, 1.807) is 29.2 Å². The Morgan fingerprint density at radius 1 is 0.930 bits per heavy atom. The molecule has 4 amide bonds. The maximum Gasteiger partial charge on any atom is 0.255 e. The van der Waals surface area contributed by atoms with Crippen molar-refractivity contribution in [3.8, 4) is 5.75 Å². The quantitative estimate of drug-likeness (QED) is 0.371. The van der Waals surface area contributed by atoms with Crippen molar-refractivity contribution in [3.63, 3.8) is 0 Å². The minimum atomic E-state index is -1.27. The Hall–Kier alpha value is -4.70. The molecule has 1 heterocycles. The van der Waals surface area contributed by atoms with E-state index in [4.69, 9.17) is 4.74 Å². The van der Waals surface area contributed by atoms with Crippen LogP contribution in [-0.2, 0) is 27.3 Å². The summed E-state index contributed by atoms with van der Waals surface area (Å²) in [5.74, 6) is -1.64. The summed E-state index contributed by atoms with van der Waals surface area (Å²) < 4.78 is 5.95. The Morgan fingerprint density at radius 2 is 1.58 bits per heavy atom. The van der Waals surface area contributed by atoms with Gasteiger partial charge in [-0.15, -0.1) is 0 Å². The van der Waals surface area contributed by atoms with Gasteiger partial charge in [0.05, 0.1) is 25.1 Å². The van der Waals surface area contributed by atoms with Crippen molar-refractivity contribution in [3.05, 3.63) is 102 Å². The van der Waals surface area contributed by atoms with E-state index in [-0.39, 0.29) is 50.7 Å². The fourth-order valence-electron chi connectivity index (χ4n) is 5.03. The second-order valence-corrected chi connectivity index (χ2v) is 10.3. The number of carbonyl (C=O) groups is 4. The number of carbonyl (C=O) groups excluding carboxylic acids is 4. The Morgan fingerprint density at radius 3 is 2.26 bits per heavy atom. The molecule has 226 valence electrons. The first kappa shape index (κ1) is 31.2. The van der Waals surface area contributed by atoms with Gasteiger partial charge in [0, 0.05) is 26.1 Å². The summed E-state index contributed by atoms with van der Waals surface area (Å²) >= 11 is 0. The molecular weight excluding hydrogens is 548 g/mol. The van der Waals surface area contributed by atoms with Gasteiger partial charge >= 0.3 is 0 Å². The number of benzene rings is 3. The molecule has 0 radical (unpaired) electrons. The van der Waals surface area contributed by atoms with Gasteiger partial charge in [-0.2, -0.15) is 0 Å². The molecule has 0 unspecified atom stereocenters. The molecule has 10 heteroatoms. The average Bonchev–Trinajstić information content (AvgIpc) is 3.02. The van der Waals surface area contributed by atoms with E-state index in [0.29, 0.717) is 12.3 Å². The fraction of sp³-hybridized carbons (Fsp3) is 0.333. The third-order valence-corrected chi connectivity index (χ3v) is 7.25. The molecule has 43 heavy (non-hydrogen) atoms. The first-order valence-electron chi connectivity index (χ1n) is 14.5. The van der Waals surface area contributed by atoms with Crippen LogP contribution < -0.4 is 15.4 Å². The van der Waals surface area contributed by atoms with Gasteiger partial charge in [0.1, 0.15) is 24.4 Å². The van der Waals surface area contributed by atoms with E-state index >= 15 is 0 Å².